The number of aromatic nitrogens is 2. The Balaban J connectivity index is 1.53. The standard InChI is InChI=1S/C28H29N3O3/c1-17(2)22-12-10-18(3)14-26(22)34-16-27(32)30-24-13-11-21(15-19(24)4)31-20(5)29-25-9-7-6-8-23(25)28(31)33/h6-15,17H,16H2,1-5H3,(H,30,32). The molecule has 6 nitrogen and oxygen atoms in total. The van der Waals surface area contributed by atoms with Crippen molar-refractivity contribution < 1.29 is 9.53 Å². The second-order valence-electron chi connectivity index (χ2n) is 8.85. The molecule has 0 radical (unpaired) electrons. The number of ether oxygens (including phenoxy) is 1. The fraction of sp³-hybridized carbons (Fsp3) is 0.250. The van der Waals surface area contributed by atoms with Gasteiger partial charge in [-0.2, -0.15) is 0 Å². The summed E-state index contributed by atoms with van der Waals surface area (Å²) in [5.74, 6) is 1.39. The van der Waals surface area contributed by atoms with E-state index in [0.29, 0.717) is 34.0 Å². The Morgan fingerprint density at radius 2 is 1.79 bits per heavy atom. The Labute approximate surface area is 199 Å². The minimum atomic E-state index is -0.243. The monoisotopic (exact) mass is 455 g/mol. The van der Waals surface area contributed by atoms with Crippen LogP contribution in [0.3, 0.4) is 0 Å². The maximum Gasteiger partial charge on any atom is 0.265 e. The highest BCUT2D eigenvalue weighted by Gasteiger charge is 2.13. The Morgan fingerprint density at radius 3 is 2.53 bits per heavy atom. The van der Waals surface area contributed by atoms with Crippen LogP contribution in [0.15, 0.2) is 65.5 Å². The first-order valence-corrected chi connectivity index (χ1v) is 11.4. The third-order valence-corrected chi connectivity index (χ3v) is 5.84. The molecule has 0 bridgehead atoms. The molecule has 0 saturated heterocycles. The molecule has 1 N–H and O–H groups in total. The maximum absolute atomic E-state index is 13.1. The van der Waals surface area contributed by atoms with Gasteiger partial charge in [-0.15, -0.1) is 0 Å². The summed E-state index contributed by atoms with van der Waals surface area (Å²) in [6, 6.07) is 18.8. The van der Waals surface area contributed by atoms with Gasteiger partial charge in [0.05, 0.1) is 16.6 Å². The van der Waals surface area contributed by atoms with Crippen LogP contribution in [0.4, 0.5) is 5.69 Å². The van der Waals surface area contributed by atoms with E-state index in [0.717, 1.165) is 22.4 Å². The van der Waals surface area contributed by atoms with Crippen molar-refractivity contribution in [1.29, 1.82) is 0 Å². The van der Waals surface area contributed by atoms with Crippen LogP contribution >= 0.6 is 0 Å². The average molecular weight is 456 g/mol. The van der Waals surface area contributed by atoms with Crippen LogP contribution in [0, 0.1) is 20.8 Å². The lowest BCUT2D eigenvalue weighted by atomic mass is 10.0. The van der Waals surface area contributed by atoms with Crippen molar-refractivity contribution in [2.75, 3.05) is 11.9 Å². The number of carbonyl (C=O) groups is 1. The predicted molar refractivity (Wildman–Crippen MR) is 136 cm³/mol. The molecule has 1 amide bonds. The van der Waals surface area contributed by atoms with Crippen LogP contribution in [-0.2, 0) is 4.79 Å². The second-order valence-corrected chi connectivity index (χ2v) is 8.85. The zero-order chi connectivity index (χ0) is 24.4. The van der Waals surface area contributed by atoms with E-state index in [1.807, 2.05) is 69.3 Å². The number of nitrogens with one attached hydrogen (secondary N) is 1. The van der Waals surface area contributed by atoms with Crippen LogP contribution in [-0.4, -0.2) is 22.1 Å². The number of aryl methyl sites for hydroxylation is 3. The summed E-state index contributed by atoms with van der Waals surface area (Å²) in [7, 11) is 0. The second kappa shape index (κ2) is 9.51. The molecule has 174 valence electrons. The molecular formula is C28H29N3O3. The van der Waals surface area contributed by atoms with Gasteiger partial charge in [0.15, 0.2) is 6.61 Å². The van der Waals surface area contributed by atoms with Crippen molar-refractivity contribution in [3.05, 3.63) is 93.5 Å². The number of rotatable bonds is 6. The van der Waals surface area contributed by atoms with E-state index in [1.165, 1.54) is 0 Å². The summed E-state index contributed by atoms with van der Waals surface area (Å²) < 4.78 is 7.45. The van der Waals surface area contributed by atoms with Crippen LogP contribution in [0.25, 0.3) is 16.6 Å². The number of para-hydroxylation sites is 1. The first kappa shape index (κ1) is 23.2. The summed E-state index contributed by atoms with van der Waals surface area (Å²) in [5.41, 5.74) is 4.93. The van der Waals surface area contributed by atoms with E-state index in [2.05, 4.69) is 24.1 Å². The molecule has 1 heterocycles. The summed E-state index contributed by atoms with van der Waals surface area (Å²) in [5, 5.41) is 3.48. The van der Waals surface area contributed by atoms with Crippen molar-refractivity contribution in [3.8, 4) is 11.4 Å². The highest BCUT2D eigenvalue weighted by Crippen LogP contribution is 2.27. The molecule has 0 spiro atoms. The Morgan fingerprint density at radius 1 is 1.03 bits per heavy atom. The van der Waals surface area contributed by atoms with E-state index in [9.17, 15) is 9.59 Å². The number of anilines is 1. The first-order chi connectivity index (χ1) is 16.2. The van der Waals surface area contributed by atoms with Crippen LogP contribution in [0.5, 0.6) is 5.75 Å². The fourth-order valence-corrected chi connectivity index (χ4v) is 4.05. The van der Waals surface area contributed by atoms with E-state index >= 15 is 0 Å². The molecule has 4 rings (SSSR count). The Kier molecular flexibility index (Phi) is 6.50. The van der Waals surface area contributed by atoms with E-state index in [1.54, 1.807) is 16.7 Å². The topological polar surface area (TPSA) is 73.2 Å². The molecule has 6 heteroatoms. The normalized spacial score (nSPS) is 11.1. The number of hydrogen-bond donors (Lipinski definition) is 1. The van der Waals surface area contributed by atoms with Gasteiger partial charge in [-0.1, -0.05) is 38.1 Å². The van der Waals surface area contributed by atoms with Crippen molar-refractivity contribution in [3.63, 3.8) is 0 Å². The molecular weight excluding hydrogens is 426 g/mol. The van der Waals surface area contributed by atoms with Crippen molar-refractivity contribution in [1.82, 2.24) is 9.55 Å². The van der Waals surface area contributed by atoms with Crippen molar-refractivity contribution in [2.24, 2.45) is 0 Å². The van der Waals surface area contributed by atoms with Gasteiger partial charge in [0.1, 0.15) is 11.6 Å². The quantitative estimate of drug-likeness (QED) is 0.419. The molecule has 0 aliphatic heterocycles. The lowest BCUT2D eigenvalue weighted by Crippen LogP contribution is -2.23. The molecule has 0 fully saturated rings. The molecule has 0 saturated carbocycles. The molecule has 0 aliphatic rings. The molecule has 4 aromatic rings. The fourth-order valence-electron chi connectivity index (χ4n) is 4.05. The van der Waals surface area contributed by atoms with Gasteiger partial charge >= 0.3 is 0 Å². The maximum atomic E-state index is 13.1. The summed E-state index contributed by atoms with van der Waals surface area (Å²) in [6.07, 6.45) is 0. The highest BCUT2D eigenvalue weighted by molar-refractivity contribution is 5.92. The summed E-state index contributed by atoms with van der Waals surface area (Å²) in [4.78, 5) is 30.3. The summed E-state index contributed by atoms with van der Waals surface area (Å²) >= 11 is 0. The van der Waals surface area contributed by atoms with Gasteiger partial charge in [-0.05, 0) is 79.8 Å². The molecule has 1 aromatic heterocycles. The van der Waals surface area contributed by atoms with E-state index in [-0.39, 0.29) is 18.1 Å². The van der Waals surface area contributed by atoms with Crippen molar-refractivity contribution in [2.45, 2.75) is 40.5 Å². The minimum absolute atomic E-state index is 0.0858. The highest BCUT2D eigenvalue weighted by atomic mass is 16.5. The predicted octanol–water partition coefficient (Wildman–Crippen LogP) is 5.45. The van der Waals surface area contributed by atoms with Gasteiger partial charge in [0, 0.05) is 5.69 Å². The van der Waals surface area contributed by atoms with Crippen molar-refractivity contribution >= 4 is 22.5 Å². The first-order valence-electron chi connectivity index (χ1n) is 11.4. The third-order valence-electron chi connectivity index (χ3n) is 5.84. The number of carbonyl (C=O) groups excluding carboxylic acids is 1. The van der Waals surface area contributed by atoms with Gasteiger partial charge in [-0.3, -0.25) is 14.2 Å². The molecule has 0 aliphatic carbocycles. The van der Waals surface area contributed by atoms with Gasteiger partial charge < -0.3 is 10.1 Å². The average Bonchev–Trinajstić information content (AvgIpc) is 2.79. The summed E-state index contributed by atoms with van der Waals surface area (Å²) in [6.45, 7) is 9.82. The lowest BCUT2D eigenvalue weighted by molar-refractivity contribution is -0.118. The number of benzene rings is 3. The van der Waals surface area contributed by atoms with Gasteiger partial charge in [0.25, 0.3) is 11.5 Å². The number of amides is 1. The van der Waals surface area contributed by atoms with Crippen LogP contribution in [0.1, 0.15) is 42.3 Å². The largest absolute Gasteiger partial charge is 0.483 e. The molecule has 0 atom stereocenters. The van der Waals surface area contributed by atoms with Gasteiger partial charge in [-0.25, -0.2) is 4.98 Å². The van der Waals surface area contributed by atoms with E-state index < -0.39 is 0 Å². The number of nitrogens with zero attached hydrogens (tertiary/aromatic N) is 2. The number of hydrogen-bond acceptors (Lipinski definition) is 4. The zero-order valence-corrected chi connectivity index (χ0v) is 20.2. The van der Waals surface area contributed by atoms with Crippen LogP contribution < -0.4 is 15.6 Å². The SMILES string of the molecule is Cc1ccc(C(C)C)c(OCC(=O)Nc2ccc(-n3c(C)nc4ccccc4c3=O)cc2C)c1. The smallest absolute Gasteiger partial charge is 0.265 e. The molecule has 34 heavy (non-hydrogen) atoms. The Bertz CT molecular complexity index is 1440. The van der Waals surface area contributed by atoms with E-state index in [4.69, 9.17) is 4.74 Å². The minimum Gasteiger partial charge on any atom is -0.483 e. The van der Waals surface area contributed by atoms with Gasteiger partial charge in [0.2, 0.25) is 0 Å². The number of fused-ring (bicyclic) bond motifs is 1. The Hall–Kier alpha value is -3.93. The molecule has 0 unspecified atom stereocenters. The van der Waals surface area contributed by atoms with Crippen LogP contribution in [0.2, 0.25) is 0 Å². The lowest BCUT2D eigenvalue weighted by Gasteiger charge is -2.16. The molecule has 3 aromatic carbocycles. The zero-order valence-electron chi connectivity index (χ0n) is 20.2. The third kappa shape index (κ3) is 4.71.